The van der Waals surface area contributed by atoms with Gasteiger partial charge in [-0.15, -0.1) is 0 Å². The maximum atomic E-state index is 9.12. The number of aliphatic hydroxyl groups excluding tert-OH is 1. The van der Waals surface area contributed by atoms with Crippen molar-refractivity contribution in [1.82, 2.24) is 4.98 Å². The summed E-state index contributed by atoms with van der Waals surface area (Å²) in [5.74, 6) is 1.42. The van der Waals surface area contributed by atoms with Crippen molar-refractivity contribution in [1.29, 1.82) is 0 Å². The molecule has 1 N–H and O–H groups in total. The summed E-state index contributed by atoms with van der Waals surface area (Å²) >= 11 is 1.61. The topological polar surface area (TPSA) is 36.4 Å². The molecule has 4 heteroatoms. The SMILES string of the molecule is CC(C)CCN(CCC(C)C)c1ncc(CO)s1. The van der Waals surface area contributed by atoms with Crippen LogP contribution in [0.1, 0.15) is 45.4 Å². The molecule has 0 amide bonds. The second-order valence-corrected chi connectivity index (χ2v) is 6.71. The number of aromatic nitrogens is 1. The van der Waals surface area contributed by atoms with E-state index < -0.39 is 0 Å². The third kappa shape index (κ3) is 5.36. The molecule has 0 bridgehead atoms. The summed E-state index contributed by atoms with van der Waals surface area (Å²) in [4.78, 5) is 7.74. The number of anilines is 1. The highest BCUT2D eigenvalue weighted by Crippen LogP contribution is 2.24. The first-order valence-corrected chi connectivity index (χ1v) is 7.65. The summed E-state index contributed by atoms with van der Waals surface area (Å²) in [6.45, 7) is 11.2. The first-order chi connectivity index (χ1) is 8.52. The van der Waals surface area contributed by atoms with E-state index >= 15 is 0 Å². The van der Waals surface area contributed by atoms with Crippen LogP contribution in [0.3, 0.4) is 0 Å². The van der Waals surface area contributed by atoms with E-state index in [2.05, 4.69) is 37.6 Å². The van der Waals surface area contributed by atoms with E-state index in [4.69, 9.17) is 5.11 Å². The maximum absolute atomic E-state index is 9.12. The third-order valence-electron chi connectivity index (χ3n) is 2.92. The normalized spacial score (nSPS) is 11.5. The zero-order valence-corrected chi connectivity index (χ0v) is 12.8. The Morgan fingerprint density at radius 1 is 1.17 bits per heavy atom. The van der Waals surface area contributed by atoms with Crippen molar-refractivity contribution >= 4 is 16.5 Å². The lowest BCUT2D eigenvalue weighted by Crippen LogP contribution is -2.27. The van der Waals surface area contributed by atoms with Gasteiger partial charge in [0.25, 0.3) is 0 Å². The van der Waals surface area contributed by atoms with Crippen LogP contribution in [-0.4, -0.2) is 23.2 Å². The predicted octanol–water partition coefficient (Wildman–Crippen LogP) is 3.53. The van der Waals surface area contributed by atoms with Crippen LogP contribution in [0.5, 0.6) is 0 Å². The van der Waals surface area contributed by atoms with E-state index in [-0.39, 0.29) is 6.61 Å². The summed E-state index contributed by atoms with van der Waals surface area (Å²) in [6, 6.07) is 0. The van der Waals surface area contributed by atoms with E-state index in [1.807, 2.05) is 0 Å². The fraction of sp³-hybridized carbons (Fsp3) is 0.786. The van der Waals surface area contributed by atoms with Gasteiger partial charge in [-0.1, -0.05) is 39.0 Å². The second kappa shape index (κ2) is 7.74. The van der Waals surface area contributed by atoms with Gasteiger partial charge in [-0.25, -0.2) is 4.98 Å². The quantitative estimate of drug-likeness (QED) is 0.785. The molecule has 104 valence electrons. The van der Waals surface area contributed by atoms with E-state index in [1.54, 1.807) is 17.5 Å². The predicted molar refractivity (Wildman–Crippen MR) is 79.2 cm³/mol. The average Bonchev–Trinajstić information content (AvgIpc) is 2.77. The van der Waals surface area contributed by atoms with Crippen molar-refractivity contribution in [3.8, 4) is 0 Å². The van der Waals surface area contributed by atoms with Gasteiger partial charge in [-0.3, -0.25) is 0 Å². The molecule has 0 saturated heterocycles. The van der Waals surface area contributed by atoms with Crippen LogP contribution in [0.15, 0.2) is 6.20 Å². The molecule has 1 heterocycles. The molecule has 0 aromatic carbocycles. The van der Waals surface area contributed by atoms with Gasteiger partial charge in [-0.05, 0) is 24.7 Å². The summed E-state index contributed by atoms with van der Waals surface area (Å²) in [5, 5.41) is 10.2. The number of nitrogens with zero attached hydrogens (tertiary/aromatic N) is 2. The molecule has 0 unspecified atom stereocenters. The van der Waals surface area contributed by atoms with Crippen molar-refractivity contribution in [3.63, 3.8) is 0 Å². The summed E-state index contributed by atoms with van der Waals surface area (Å²) in [5.41, 5.74) is 0. The molecule has 1 aromatic heterocycles. The molecular formula is C14H26N2OS. The Kier molecular flexibility index (Phi) is 6.65. The molecule has 0 aliphatic heterocycles. The van der Waals surface area contributed by atoms with Gasteiger partial charge in [0, 0.05) is 19.3 Å². The molecule has 0 atom stereocenters. The molecule has 0 spiro atoms. The zero-order valence-electron chi connectivity index (χ0n) is 12.0. The van der Waals surface area contributed by atoms with Gasteiger partial charge in [0.05, 0.1) is 11.5 Å². The minimum Gasteiger partial charge on any atom is -0.391 e. The van der Waals surface area contributed by atoms with Crippen molar-refractivity contribution in [2.45, 2.75) is 47.1 Å². The molecule has 0 fully saturated rings. The molecule has 0 aliphatic carbocycles. The first kappa shape index (κ1) is 15.4. The highest BCUT2D eigenvalue weighted by atomic mass is 32.1. The van der Waals surface area contributed by atoms with E-state index in [0.29, 0.717) is 11.8 Å². The van der Waals surface area contributed by atoms with Crippen molar-refractivity contribution < 1.29 is 5.11 Å². The summed E-state index contributed by atoms with van der Waals surface area (Å²) in [6.07, 6.45) is 4.16. The lowest BCUT2D eigenvalue weighted by atomic mass is 10.1. The van der Waals surface area contributed by atoms with Gasteiger partial charge in [0.1, 0.15) is 0 Å². The van der Waals surface area contributed by atoms with E-state index in [1.165, 1.54) is 12.8 Å². The van der Waals surface area contributed by atoms with Gasteiger partial charge >= 0.3 is 0 Å². The van der Waals surface area contributed by atoms with Gasteiger partial charge in [0.15, 0.2) is 5.13 Å². The van der Waals surface area contributed by atoms with Gasteiger partial charge < -0.3 is 10.0 Å². The van der Waals surface area contributed by atoms with Crippen LogP contribution in [0.25, 0.3) is 0 Å². The van der Waals surface area contributed by atoms with E-state index in [0.717, 1.165) is 23.1 Å². The molecule has 1 rings (SSSR count). The molecule has 0 aliphatic rings. The zero-order chi connectivity index (χ0) is 13.5. The lowest BCUT2D eigenvalue weighted by Gasteiger charge is -2.23. The maximum Gasteiger partial charge on any atom is 0.185 e. The average molecular weight is 270 g/mol. The lowest BCUT2D eigenvalue weighted by molar-refractivity contribution is 0.285. The minimum atomic E-state index is 0.0971. The largest absolute Gasteiger partial charge is 0.391 e. The molecule has 0 saturated carbocycles. The number of aliphatic hydroxyl groups is 1. The fourth-order valence-electron chi connectivity index (χ4n) is 1.65. The fourth-order valence-corrected chi connectivity index (χ4v) is 2.47. The number of hydrogen-bond donors (Lipinski definition) is 1. The Labute approximate surface area is 115 Å². The molecule has 1 aromatic rings. The van der Waals surface area contributed by atoms with Gasteiger partial charge in [0.2, 0.25) is 0 Å². The molecule has 3 nitrogen and oxygen atoms in total. The molecule has 0 radical (unpaired) electrons. The number of thiazole rings is 1. The van der Waals surface area contributed by atoms with Crippen LogP contribution in [0, 0.1) is 11.8 Å². The highest BCUT2D eigenvalue weighted by molar-refractivity contribution is 7.15. The number of hydrogen-bond acceptors (Lipinski definition) is 4. The van der Waals surface area contributed by atoms with Crippen LogP contribution >= 0.6 is 11.3 Å². The van der Waals surface area contributed by atoms with Crippen LogP contribution < -0.4 is 4.90 Å². The number of rotatable bonds is 8. The van der Waals surface area contributed by atoms with Crippen molar-refractivity contribution in [2.24, 2.45) is 11.8 Å². The second-order valence-electron chi connectivity index (χ2n) is 5.62. The standard InChI is InChI=1S/C14H26N2OS/c1-11(2)5-7-16(8-6-12(3)4)14-15-9-13(10-17)18-14/h9,11-12,17H,5-8,10H2,1-4H3. The van der Waals surface area contributed by atoms with Crippen molar-refractivity contribution in [3.05, 3.63) is 11.1 Å². The Morgan fingerprint density at radius 3 is 2.11 bits per heavy atom. The Hall–Kier alpha value is -0.610. The Balaban J connectivity index is 2.62. The molecular weight excluding hydrogens is 244 g/mol. The summed E-state index contributed by atoms with van der Waals surface area (Å²) < 4.78 is 0. The van der Waals surface area contributed by atoms with Crippen molar-refractivity contribution in [2.75, 3.05) is 18.0 Å². The smallest absolute Gasteiger partial charge is 0.185 e. The van der Waals surface area contributed by atoms with Crippen LogP contribution in [0.4, 0.5) is 5.13 Å². The third-order valence-corrected chi connectivity index (χ3v) is 3.96. The van der Waals surface area contributed by atoms with E-state index in [9.17, 15) is 0 Å². The minimum absolute atomic E-state index is 0.0971. The molecule has 18 heavy (non-hydrogen) atoms. The monoisotopic (exact) mass is 270 g/mol. The first-order valence-electron chi connectivity index (χ1n) is 6.83. The van der Waals surface area contributed by atoms with Gasteiger partial charge in [-0.2, -0.15) is 0 Å². The van der Waals surface area contributed by atoms with Crippen LogP contribution in [-0.2, 0) is 6.61 Å². The summed E-state index contributed by atoms with van der Waals surface area (Å²) in [7, 11) is 0. The van der Waals surface area contributed by atoms with Crippen LogP contribution in [0.2, 0.25) is 0 Å². The Morgan fingerprint density at radius 2 is 1.72 bits per heavy atom. The Bertz CT molecular complexity index is 324. The highest BCUT2D eigenvalue weighted by Gasteiger charge is 2.12.